The van der Waals surface area contributed by atoms with Crippen LogP contribution in [0.2, 0.25) is 5.02 Å². The lowest BCUT2D eigenvalue weighted by atomic mass is 10.2. The molecule has 0 unspecified atom stereocenters. The van der Waals surface area contributed by atoms with E-state index in [0.29, 0.717) is 27.8 Å². The van der Waals surface area contributed by atoms with E-state index in [0.717, 1.165) is 5.56 Å². The van der Waals surface area contributed by atoms with Crippen molar-refractivity contribution in [2.75, 3.05) is 5.32 Å². The molecule has 2 N–H and O–H groups in total. The van der Waals surface area contributed by atoms with Gasteiger partial charge in [-0.2, -0.15) is 0 Å². The Balaban J connectivity index is 1.80. The molecule has 0 aromatic heterocycles. The predicted octanol–water partition coefficient (Wildman–Crippen LogP) is 5.38. The molecule has 0 aliphatic carbocycles. The molecule has 0 bridgehead atoms. The number of benzene rings is 3. The molecule has 6 nitrogen and oxygen atoms in total. The fraction of sp³-hybridized carbons (Fsp3) is 0.174. The lowest BCUT2D eigenvalue weighted by Crippen LogP contribution is -2.30. The first-order chi connectivity index (χ1) is 14.6. The van der Waals surface area contributed by atoms with Crippen molar-refractivity contribution in [2.24, 2.45) is 0 Å². The van der Waals surface area contributed by atoms with Gasteiger partial charge in [0.15, 0.2) is 5.75 Å². The fourth-order valence-corrected chi connectivity index (χ4v) is 4.20. The molecule has 0 saturated carbocycles. The Morgan fingerprint density at radius 3 is 2.23 bits per heavy atom. The molecular weight excluding hydrogens is 436 g/mol. The summed E-state index contributed by atoms with van der Waals surface area (Å²) < 4.78 is 32.9. The molecule has 0 spiro atoms. The van der Waals surface area contributed by atoms with Crippen LogP contribution in [-0.2, 0) is 10.0 Å². The maximum Gasteiger partial charge on any atom is 0.255 e. The van der Waals surface area contributed by atoms with E-state index in [9.17, 15) is 13.2 Å². The number of carbonyl (C=O) groups excluding carboxylic acids is 1. The molecule has 1 amide bonds. The van der Waals surface area contributed by atoms with Crippen molar-refractivity contribution in [2.45, 2.75) is 31.7 Å². The predicted molar refractivity (Wildman–Crippen MR) is 123 cm³/mol. The highest BCUT2D eigenvalue weighted by Gasteiger charge is 2.17. The van der Waals surface area contributed by atoms with Crippen LogP contribution in [0.1, 0.15) is 29.8 Å². The summed E-state index contributed by atoms with van der Waals surface area (Å²) in [6.07, 6.45) is 0. The number of anilines is 1. The SMILES string of the molecule is Cc1ccc(Oc2ccc(Cl)cc2NC(=O)c2ccc(S(=O)(=O)NC(C)C)cc2)cc1. The highest BCUT2D eigenvalue weighted by atomic mass is 35.5. The van der Waals surface area contributed by atoms with Gasteiger partial charge in [-0.3, -0.25) is 4.79 Å². The van der Waals surface area contributed by atoms with Crippen LogP contribution < -0.4 is 14.8 Å². The highest BCUT2D eigenvalue weighted by Crippen LogP contribution is 2.32. The molecule has 3 rings (SSSR count). The minimum atomic E-state index is -3.63. The van der Waals surface area contributed by atoms with Crippen LogP contribution in [-0.4, -0.2) is 20.4 Å². The summed E-state index contributed by atoms with van der Waals surface area (Å²) in [6.45, 7) is 5.45. The zero-order valence-electron chi connectivity index (χ0n) is 17.3. The average Bonchev–Trinajstić information content (AvgIpc) is 2.71. The number of aryl methyl sites for hydroxylation is 1. The van der Waals surface area contributed by atoms with Crippen LogP contribution >= 0.6 is 11.6 Å². The zero-order valence-corrected chi connectivity index (χ0v) is 18.9. The number of rotatable bonds is 7. The van der Waals surface area contributed by atoms with Gasteiger partial charge in [0.05, 0.1) is 10.6 Å². The number of sulfonamides is 1. The monoisotopic (exact) mass is 458 g/mol. The first kappa shape index (κ1) is 22.8. The molecule has 0 aliphatic rings. The largest absolute Gasteiger partial charge is 0.455 e. The van der Waals surface area contributed by atoms with E-state index in [-0.39, 0.29) is 10.9 Å². The van der Waals surface area contributed by atoms with Gasteiger partial charge >= 0.3 is 0 Å². The lowest BCUT2D eigenvalue weighted by Gasteiger charge is -2.13. The van der Waals surface area contributed by atoms with Crippen LogP contribution in [0.3, 0.4) is 0 Å². The van der Waals surface area contributed by atoms with Gasteiger partial charge in [0.1, 0.15) is 5.75 Å². The standard InChI is InChI=1S/C23H23ClN2O4S/c1-15(2)26-31(28,29)20-11-6-17(7-12-20)23(27)25-21-14-18(24)8-13-22(21)30-19-9-4-16(3)5-10-19/h4-15,26H,1-3H3,(H,25,27). The molecular formula is C23H23ClN2O4S. The van der Waals surface area contributed by atoms with Gasteiger partial charge in [0, 0.05) is 16.6 Å². The summed E-state index contributed by atoms with van der Waals surface area (Å²) in [6, 6.07) is 17.9. The van der Waals surface area contributed by atoms with Crippen molar-refractivity contribution in [3.8, 4) is 11.5 Å². The summed E-state index contributed by atoms with van der Waals surface area (Å²) in [5.41, 5.74) is 1.80. The molecule has 0 radical (unpaired) electrons. The molecule has 0 aliphatic heterocycles. The minimum Gasteiger partial charge on any atom is -0.455 e. The van der Waals surface area contributed by atoms with Gasteiger partial charge in [-0.15, -0.1) is 0 Å². The van der Waals surface area contributed by atoms with Crippen molar-refractivity contribution in [3.63, 3.8) is 0 Å². The summed E-state index contributed by atoms with van der Waals surface area (Å²) in [7, 11) is -3.63. The Hall–Kier alpha value is -2.87. The Morgan fingerprint density at radius 2 is 1.61 bits per heavy atom. The Bertz CT molecular complexity index is 1180. The van der Waals surface area contributed by atoms with Crippen LogP contribution in [0.4, 0.5) is 5.69 Å². The number of hydrogen-bond acceptors (Lipinski definition) is 4. The average molecular weight is 459 g/mol. The number of amides is 1. The van der Waals surface area contributed by atoms with E-state index >= 15 is 0 Å². The topological polar surface area (TPSA) is 84.5 Å². The quantitative estimate of drug-likeness (QED) is 0.497. The third-order valence-electron chi connectivity index (χ3n) is 4.26. The van der Waals surface area contributed by atoms with Gasteiger partial charge in [-0.1, -0.05) is 29.3 Å². The molecule has 0 saturated heterocycles. The van der Waals surface area contributed by atoms with E-state index in [1.54, 1.807) is 32.0 Å². The van der Waals surface area contributed by atoms with Crippen molar-refractivity contribution < 1.29 is 17.9 Å². The first-order valence-corrected chi connectivity index (χ1v) is 11.5. The lowest BCUT2D eigenvalue weighted by molar-refractivity contribution is 0.102. The molecule has 3 aromatic rings. The maximum absolute atomic E-state index is 12.7. The maximum atomic E-state index is 12.7. The van der Waals surface area contributed by atoms with Gasteiger partial charge in [-0.25, -0.2) is 13.1 Å². The minimum absolute atomic E-state index is 0.0869. The number of nitrogens with one attached hydrogen (secondary N) is 2. The van der Waals surface area contributed by atoms with Gasteiger partial charge in [0.25, 0.3) is 5.91 Å². The van der Waals surface area contributed by atoms with Gasteiger partial charge < -0.3 is 10.1 Å². The number of ether oxygens (including phenoxy) is 1. The fourth-order valence-electron chi connectivity index (χ4n) is 2.78. The Labute approximate surface area is 187 Å². The molecule has 162 valence electrons. The third kappa shape index (κ3) is 6.07. The van der Waals surface area contributed by atoms with E-state index in [1.807, 2.05) is 31.2 Å². The van der Waals surface area contributed by atoms with Crippen molar-refractivity contribution in [3.05, 3.63) is 82.9 Å². The number of carbonyl (C=O) groups is 1. The third-order valence-corrected chi connectivity index (χ3v) is 6.17. The Kier molecular flexibility index (Phi) is 7.00. The van der Waals surface area contributed by atoms with E-state index < -0.39 is 15.9 Å². The smallest absolute Gasteiger partial charge is 0.255 e. The van der Waals surface area contributed by atoms with Crippen molar-refractivity contribution in [1.29, 1.82) is 0 Å². The normalized spacial score (nSPS) is 11.4. The zero-order chi connectivity index (χ0) is 22.6. The highest BCUT2D eigenvalue weighted by molar-refractivity contribution is 7.89. The van der Waals surface area contributed by atoms with Crippen molar-refractivity contribution in [1.82, 2.24) is 4.72 Å². The second-order valence-electron chi connectivity index (χ2n) is 7.31. The second-order valence-corrected chi connectivity index (χ2v) is 9.46. The Morgan fingerprint density at radius 1 is 0.968 bits per heavy atom. The van der Waals surface area contributed by atoms with E-state index in [4.69, 9.17) is 16.3 Å². The molecule has 0 fully saturated rings. The summed E-state index contributed by atoms with van der Waals surface area (Å²) >= 11 is 6.10. The van der Waals surface area contributed by atoms with Gasteiger partial charge in [0.2, 0.25) is 10.0 Å². The van der Waals surface area contributed by atoms with Crippen LogP contribution in [0.25, 0.3) is 0 Å². The summed E-state index contributed by atoms with van der Waals surface area (Å²) in [5.74, 6) is 0.634. The van der Waals surface area contributed by atoms with Crippen LogP contribution in [0, 0.1) is 6.92 Å². The molecule has 31 heavy (non-hydrogen) atoms. The van der Waals surface area contributed by atoms with Crippen molar-refractivity contribution >= 4 is 33.2 Å². The molecule has 0 heterocycles. The number of hydrogen-bond donors (Lipinski definition) is 2. The van der Waals surface area contributed by atoms with E-state index in [2.05, 4.69) is 10.0 Å². The van der Waals surface area contributed by atoms with Crippen LogP contribution in [0.5, 0.6) is 11.5 Å². The van der Waals surface area contributed by atoms with E-state index in [1.165, 1.54) is 24.3 Å². The molecule has 8 heteroatoms. The van der Waals surface area contributed by atoms with Gasteiger partial charge in [-0.05, 0) is 75.4 Å². The molecule has 0 atom stereocenters. The van der Waals surface area contributed by atoms with Crippen LogP contribution in [0.15, 0.2) is 71.6 Å². The number of halogens is 1. The molecule has 3 aromatic carbocycles. The summed E-state index contributed by atoms with van der Waals surface area (Å²) in [5, 5.41) is 3.21. The second kappa shape index (κ2) is 9.51. The first-order valence-electron chi connectivity index (χ1n) is 9.62. The summed E-state index contributed by atoms with van der Waals surface area (Å²) in [4.78, 5) is 12.8.